The Balaban J connectivity index is 1.46. The van der Waals surface area contributed by atoms with Crippen LogP contribution in [0.4, 0.5) is 9.93 Å². The van der Waals surface area contributed by atoms with Gasteiger partial charge in [0, 0.05) is 23.4 Å². The predicted octanol–water partition coefficient (Wildman–Crippen LogP) is 2.49. The Labute approximate surface area is 126 Å². The number of carbonyl (C=O) groups excluding carboxylic acids is 1. The van der Waals surface area contributed by atoms with Crippen LogP contribution in [-0.2, 0) is 4.79 Å². The zero-order valence-corrected chi connectivity index (χ0v) is 12.3. The summed E-state index contributed by atoms with van der Waals surface area (Å²) in [6.07, 6.45) is 4.66. The van der Waals surface area contributed by atoms with Crippen molar-refractivity contribution in [3.05, 3.63) is 11.1 Å². The molecule has 0 spiro atoms. The molecule has 3 heterocycles. The first-order valence-corrected chi connectivity index (χ1v) is 8.29. The van der Waals surface area contributed by atoms with Crippen LogP contribution in [0.15, 0.2) is 5.38 Å². The third kappa shape index (κ3) is 2.19. The van der Waals surface area contributed by atoms with Crippen molar-refractivity contribution in [3.8, 4) is 0 Å². The van der Waals surface area contributed by atoms with Crippen LogP contribution in [0.5, 0.6) is 0 Å². The molecular weight excluding hydrogens is 290 g/mol. The molecular formula is C14H17N3O3S. The number of hydrogen-bond donors (Lipinski definition) is 2. The van der Waals surface area contributed by atoms with Crippen molar-refractivity contribution in [2.45, 2.75) is 50.1 Å². The van der Waals surface area contributed by atoms with Gasteiger partial charge in [0.15, 0.2) is 5.13 Å². The molecule has 2 bridgehead atoms. The minimum absolute atomic E-state index is 0.0685. The number of urea groups is 1. The number of nitrogens with zero attached hydrogens (tertiary/aromatic N) is 2. The van der Waals surface area contributed by atoms with Gasteiger partial charge in [-0.3, -0.25) is 10.1 Å². The van der Waals surface area contributed by atoms with E-state index >= 15 is 0 Å². The van der Waals surface area contributed by atoms with Crippen LogP contribution in [-0.4, -0.2) is 39.1 Å². The van der Waals surface area contributed by atoms with E-state index in [2.05, 4.69) is 10.3 Å². The summed E-state index contributed by atoms with van der Waals surface area (Å²) >= 11 is 1.45. The second-order valence-corrected chi connectivity index (χ2v) is 7.03. The van der Waals surface area contributed by atoms with Crippen LogP contribution in [0.1, 0.15) is 43.7 Å². The van der Waals surface area contributed by atoms with Crippen LogP contribution in [0, 0.1) is 5.92 Å². The van der Waals surface area contributed by atoms with Crippen LogP contribution >= 0.6 is 11.3 Å². The molecule has 2 saturated heterocycles. The van der Waals surface area contributed by atoms with Gasteiger partial charge in [-0.05, 0) is 32.1 Å². The van der Waals surface area contributed by atoms with Gasteiger partial charge < -0.3 is 10.0 Å². The molecule has 3 atom stereocenters. The second-order valence-electron chi connectivity index (χ2n) is 6.17. The zero-order chi connectivity index (χ0) is 14.6. The summed E-state index contributed by atoms with van der Waals surface area (Å²) in [6.45, 7) is 0. The van der Waals surface area contributed by atoms with E-state index in [1.165, 1.54) is 24.2 Å². The highest BCUT2D eigenvalue weighted by Gasteiger charge is 2.51. The van der Waals surface area contributed by atoms with Crippen molar-refractivity contribution >= 4 is 28.5 Å². The lowest BCUT2D eigenvalue weighted by molar-refractivity contribution is -0.142. The number of aromatic nitrogens is 1. The third-order valence-corrected chi connectivity index (χ3v) is 5.60. The van der Waals surface area contributed by atoms with Crippen molar-refractivity contribution in [3.63, 3.8) is 0 Å². The van der Waals surface area contributed by atoms with Gasteiger partial charge in [0.05, 0.1) is 11.6 Å². The fourth-order valence-electron chi connectivity index (χ4n) is 3.64. The maximum absolute atomic E-state index is 12.4. The number of fused-ring (bicyclic) bond motifs is 2. The van der Waals surface area contributed by atoms with Crippen molar-refractivity contribution < 1.29 is 14.7 Å². The average molecular weight is 307 g/mol. The molecule has 1 aromatic heterocycles. The lowest BCUT2D eigenvalue weighted by Gasteiger charge is -2.22. The molecule has 4 rings (SSSR count). The van der Waals surface area contributed by atoms with E-state index in [1.807, 2.05) is 5.38 Å². The Kier molecular flexibility index (Phi) is 2.92. The summed E-state index contributed by atoms with van der Waals surface area (Å²) in [4.78, 5) is 29.8. The summed E-state index contributed by atoms with van der Waals surface area (Å²) in [5, 5.41) is 14.7. The molecule has 7 heteroatoms. The lowest BCUT2D eigenvalue weighted by Crippen LogP contribution is -2.40. The molecule has 2 aliphatic heterocycles. The number of aliphatic carboxylic acids is 1. The Morgan fingerprint density at radius 2 is 2.14 bits per heavy atom. The first kappa shape index (κ1) is 13.1. The molecule has 0 radical (unpaired) electrons. The summed E-state index contributed by atoms with van der Waals surface area (Å²) in [5.74, 6) is -0.621. The summed E-state index contributed by atoms with van der Waals surface area (Å²) < 4.78 is 0. The van der Waals surface area contributed by atoms with Gasteiger partial charge in [-0.1, -0.05) is 0 Å². The number of anilines is 1. The quantitative estimate of drug-likeness (QED) is 0.898. The molecule has 6 nitrogen and oxygen atoms in total. The van der Waals surface area contributed by atoms with Crippen LogP contribution in [0.2, 0.25) is 0 Å². The van der Waals surface area contributed by atoms with Crippen molar-refractivity contribution in [1.82, 2.24) is 9.88 Å². The molecule has 112 valence electrons. The highest BCUT2D eigenvalue weighted by atomic mass is 32.1. The highest BCUT2D eigenvalue weighted by molar-refractivity contribution is 7.13. The van der Waals surface area contributed by atoms with Gasteiger partial charge in [-0.25, -0.2) is 9.78 Å². The van der Waals surface area contributed by atoms with Gasteiger partial charge in [0.2, 0.25) is 0 Å². The molecule has 3 unspecified atom stereocenters. The molecule has 1 aromatic rings. The molecule has 21 heavy (non-hydrogen) atoms. The molecule has 1 saturated carbocycles. The van der Waals surface area contributed by atoms with Gasteiger partial charge in [-0.2, -0.15) is 0 Å². The maximum Gasteiger partial charge on any atom is 0.324 e. The Bertz CT molecular complexity index is 598. The van der Waals surface area contributed by atoms with Gasteiger partial charge in [-0.15, -0.1) is 11.3 Å². The van der Waals surface area contributed by atoms with E-state index in [1.54, 1.807) is 4.90 Å². The Morgan fingerprint density at radius 1 is 1.33 bits per heavy atom. The van der Waals surface area contributed by atoms with Crippen LogP contribution < -0.4 is 5.32 Å². The van der Waals surface area contributed by atoms with Gasteiger partial charge >= 0.3 is 12.0 Å². The molecule has 2 N–H and O–H groups in total. The monoisotopic (exact) mass is 307 g/mol. The minimum atomic E-state index is -0.787. The Morgan fingerprint density at radius 3 is 2.81 bits per heavy atom. The zero-order valence-electron chi connectivity index (χ0n) is 11.5. The normalized spacial score (nSPS) is 30.7. The van der Waals surface area contributed by atoms with Crippen molar-refractivity contribution in [2.75, 3.05) is 5.32 Å². The Hall–Kier alpha value is -1.63. The molecule has 3 fully saturated rings. The van der Waals surface area contributed by atoms with Crippen molar-refractivity contribution in [2.24, 2.45) is 5.92 Å². The predicted molar refractivity (Wildman–Crippen MR) is 77.5 cm³/mol. The summed E-state index contributed by atoms with van der Waals surface area (Å²) in [7, 11) is 0. The smallest absolute Gasteiger partial charge is 0.324 e. The van der Waals surface area contributed by atoms with Crippen LogP contribution in [0.25, 0.3) is 0 Å². The highest BCUT2D eigenvalue weighted by Crippen LogP contribution is 2.43. The van der Waals surface area contributed by atoms with E-state index < -0.39 is 11.9 Å². The van der Waals surface area contributed by atoms with E-state index in [4.69, 9.17) is 0 Å². The number of carboxylic acids is 1. The first-order chi connectivity index (χ1) is 10.1. The van der Waals surface area contributed by atoms with E-state index in [0.29, 0.717) is 17.5 Å². The first-order valence-electron chi connectivity index (χ1n) is 7.41. The molecule has 1 aliphatic carbocycles. The molecule has 0 aromatic carbocycles. The third-order valence-electron chi connectivity index (χ3n) is 4.82. The SMILES string of the molecule is O=C(O)C1CC2CCC1N2C(=O)Nc1nc(C2CC2)cs1. The van der Waals surface area contributed by atoms with Crippen molar-refractivity contribution in [1.29, 1.82) is 0 Å². The minimum Gasteiger partial charge on any atom is -0.481 e. The fraction of sp³-hybridized carbons (Fsp3) is 0.643. The standard InChI is InChI=1S/C14H17N3O3S/c18-12(19)9-5-8-3-4-11(9)17(8)14(20)16-13-15-10(6-21-13)7-1-2-7/h6-9,11H,1-5H2,(H,18,19)(H,15,16,20). The molecule has 3 aliphatic rings. The number of carbonyl (C=O) groups is 2. The molecule has 2 amide bonds. The number of nitrogens with one attached hydrogen (secondary N) is 1. The summed E-state index contributed by atoms with van der Waals surface area (Å²) in [5.41, 5.74) is 1.07. The number of carboxylic acid groups (broad SMARTS) is 1. The average Bonchev–Trinajstić information content (AvgIpc) is 2.93. The van der Waals surface area contributed by atoms with E-state index in [0.717, 1.165) is 18.5 Å². The fourth-order valence-corrected chi connectivity index (χ4v) is 4.42. The van der Waals surface area contributed by atoms with E-state index in [9.17, 15) is 14.7 Å². The number of hydrogen-bond acceptors (Lipinski definition) is 4. The van der Waals surface area contributed by atoms with Gasteiger partial charge in [0.1, 0.15) is 0 Å². The van der Waals surface area contributed by atoms with Crippen LogP contribution in [0.3, 0.4) is 0 Å². The summed E-state index contributed by atoms with van der Waals surface area (Å²) in [6, 6.07) is -0.280. The number of rotatable bonds is 3. The maximum atomic E-state index is 12.4. The van der Waals surface area contributed by atoms with Gasteiger partial charge in [0.25, 0.3) is 0 Å². The largest absolute Gasteiger partial charge is 0.481 e. The number of amides is 2. The lowest BCUT2D eigenvalue weighted by atomic mass is 9.89. The van der Waals surface area contributed by atoms with E-state index in [-0.39, 0.29) is 18.1 Å². The second kappa shape index (κ2) is 4.69. The number of thiazole rings is 1. The topological polar surface area (TPSA) is 82.5 Å².